The van der Waals surface area contributed by atoms with E-state index in [4.69, 9.17) is 0 Å². The topological polar surface area (TPSA) is 54.4 Å². The lowest BCUT2D eigenvalue weighted by Gasteiger charge is -2.25. The summed E-state index contributed by atoms with van der Waals surface area (Å²) in [6.45, 7) is 3.39. The van der Waals surface area contributed by atoms with Crippen LogP contribution in [0.2, 0.25) is 0 Å². The lowest BCUT2D eigenvalue weighted by Crippen LogP contribution is -2.32. The SMILES string of the molecule is CC(=O)CC(=O)C1CC(C)C=CC1O. The molecule has 0 radical (unpaired) electrons. The molecule has 0 saturated carbocycles. The molecule has 1 N–H and O–H groups in total. The Morgan fingerprint density at radius 1 is 1.43 bits per heavy atom. The highest BCUT2D eigenvalue weighted by Crippen LogP contribution is 2.25. The molecule has 3 atom stereocenters. The standard InChI is InChI=1S/C11H16O3/c1-7-3-4-10(13)9(5-7)11(14)6-8(2)12/h3-4,7,9-10,13H,5-6H2,1-2H3. The van der Waals surface area contributed by atoms with E-state index in [0.29, 0.717) is 12.3 Å². The predicted molar refractivity (Wildman–Crippen MR) is 52.7 cm³/mol. The molecule has 1 aliphatic carbocycles. The molecule has 3 nitrogen and oxygen atoms in total. The zero-order chi connectivity index (χ0) is 10.7. The molecule has 1 aliphatic rings. The monoisotopic (exact) mass is 196 g/mol. The molecule has 78 valence electrons. The Hall–Kier alpha value is -0.960. The van der Waals surface area contributed by atoms with Crippen molar-refractivity contribution in [1.29, 1.82) is 0 Å². The summed E-state index contributed by atoms with van der Waals surface area (Å²) < 4.78 is 0. The molecular formula is C11H16O3. The van der Waals surface area contributed by atoms with Crippen LogP contribution in [-0.4, -0.2) is 22.8 Å². The second-order valence-electron chi connectivity index (χ2n) is 4.04. The maximum Gasteiger partial charge on any atom is 0.146 e. The molecule has 0 aromatic carbocycles. The van der Waals surface area contributed by atoms with Gasteiger partial charge in [0.2, 0.25) is 0 Å². The lowest BCUT2D eigenvalue weighted by molar-refractivity contribution is -0.130. The van der Waals surface area contributed by atoms with Crippen molar-refractivity contribution in [3.8, 4) is 0 Å². The molecule has 3 unspecified atom stereocenters. The van der Waals surface area contributed by atoms with Gasteiger partial charge in [-0.15, -0.1) is 0 Å². The van der Waals surface area contributed by atoms with Gasteiger partial charge in [-0.3, -0.25) is 9.59 Å². The van der Waals surface area contributed by atoms with E-state index < -0.39 is 6.10 Å². The maximum absolute atomic E-state index is 11.5. The molecule has 3 heteroatoms. The first kappa shape index (κ1) is 11.1. The highest BCUT2D eigenvalue weighted by molar-refractivity contribution is 5.99. The number of aliphatic hydroxyl groups is 1. The zero-order valence-corrected chi connectivity index (χ0v) is 8.56. The second kappa shape index (κ2) is 4.51. The molecule has 0 amide bonds. The molecule has 1 rings (SSSR count). The summed E-state index contributed by atoms with van der Waals surface area (Å²) in [6, 6.07) is 0. The minimum absolute atomic E-state index is 0.0533. The van der Waals surface area contributed by atoms with Gasteiger partial charge in [-0.1, -0.05) is 19.1 Å². The number of rotatable bonds is 3. The van der Waals surface area contributed by atoms with E-state index in [2.05, 4.69) is 0 Å². The Morgan fingerprint density at radius 3 is 2.64 bits per heavy atom. The Morgan fingerprint density at radius 2 is 2.07 bits per heavy atom. The highest BCUT2D eigenvalue weighted by atomic mass is 16.3. The summed E-state index contributed by atoms with van der Waals surface area (Å²) in [5.74, 6) is -0.358. The van der Waals surface area contributed by atoms with Crippen LogP contribution in [0.3, 0.4) is 0 Å². The number of allylic oxidation sites excluding steroid dienone is 1. The number of aliphatic hydroxyl groups excluding tert-OH is 1. The molecule has 0 fully saturated rings. The number of Topliss-reactive ketones (excluding diaryl/α,β-unsaturated/α-hetero) is 2. The van der Waals surface area contributed by atoms with E-state index in [0.717, 1.165) is 0 Å². The number of carbonyl (C=O) groups excluding carboxylic acids is 2. The van der Waals surface area contributed by atoms with Crippen molar-refractivity contribution in [1.82, 2.24) is 0 Å². The molecule has 0 heterocycles. The van der Waals surface area contributed by atoms with Crippen LogP contribution in [0.4, 0.5) is 0 Å². The van der Waals surface area contributed by atoms with Crippen LogP contribution in [-0.2, 0) is 9.59 Å². The van der Waals surface area contributed by atoms with Crippen molar-refractivity contribution in [2.75, 3.05) is 0 Å². The van der Waals surface area contributed by atoms with Crippen LogP contribution in [0, 0.1) is 11.8 Å². The molecule has 0 aromatic heterocycles. The predicted octanol–water partition coefficient (Wildman–Crippen LogP) is 1.11. The van der Waals surface area contributed by atoms with Crippen LogP contribution >= 0.6 is 0 Å². The summed E-state index contributed by atoms with van der Waals surface area (Å²) in [5, 5.41) is 9.55. The van der Waals surface area contributed by atoms with Crippen molar-refractivity contribution >= 4 is 11.6 Å². The lowest BCUT2D eigenvalue weighted by atomic mass is 9.82. The highest BCUT2D eigenvalue weighted by Gasteiger charge is 2.29. The van der Waals surface area contributed by atoms with Crippen LogP contribution < -0.4 is 0 Å². The Labute approximate surface area is 83.8 Å². The number of hydrogen-bond donors (Lipinski definition) is 1. The maximum atomic E-state index is 11.5. The van der Waals surface area contributed by atoms with Crippen LogP contribution in [0.1, 0.15) is 26.7 Å². The van der Waals surface area contributed by atoms with Gasteiger partial charge < -0.3 is 5.11 Å². The van der Waals surface area contributed by atoms with Crippen molar-refractivity contribution in [3.63, 3.8) is 0 Å². The fraction of sp³-hybridized carbons (Fsp3) is 0.636. The zero-order valence-electron chi connectivity index (χ0n) is 8.56. The number of ketones is 2. The van der Waals surface area contributed by atoms with E-state index in [9.17, 15) is 14.7 Å². The van der Waals surface area contributed by atoms with Gasteiger partial charge in [0.25, 0.3) is 0 Å². The minimum Gasteiger partial charge on any atom is -0.388 e. The third kappa shape index (κ3) is 2.77. The van der Waals surface area contributed by atoms with Gasteiger partial charge in [0.15, 0.2) is 0 Å². The van der Waals surface area contributed by atoms with Crippen LogP contribution in [0.5, 0.6) is 0 Å². The Kier molecular flexibility index (Phi) is 3.58. The first-order valence-corrected chi connectivity index (χ1v) is 4.89. The number of hydrogen-bond acceptors (Lipinski definition) is 3. The van der Waals surface area contributed by atoms with Gasteiger partial charge in [-0.2, -0.15) is 0 Å². The van der Waals surface area contributed by atoms with Crippen LogP contribution in [0.25, 0.3) is 0 Å². The minimum atomic E-state index is -0.710. The Bertz CT molecular complexity index is 268. The van der Waals surface area contributed by atoms with Gasteiger partial charge in [0.05, 0.1) is 12.5 Å². The van der Waals surface area contributed by atoms with Crippen molar-refractivity contribution in [2.24, 2.45) is 11.8 Å². The summed E-state index contributed by atoms with van der Waals surface area (Å²) in [4.78, 5) is 22.3. The molecule has 14 heavy (non-hydrogen) atoms. The quantitative estimate of drug-likeness (QED) is 0.543. The molecule has 0 saturated heterocycles. The molecular weight excluding hydrogens is 180 g/mol. The van der Waals surface area contributed by atoms with E-state index in [1.807, 2.05) is 13.0 Å². The summed E-state index contributed by atoms with van der Waals surface area (Å²) in [6.07, 6.45) is 3.43. The van der Waals surface area contributed by atoms with Crippen LogP contribution in [0.15, 0.2) is 12.2 Å². The molecule has 0 aliphatic heterocycles. The van der Waals surface area contributed by atoms with Gasteiger partial charge in [-0.25, -0.2) is 0 Å². The summed E-state index contributed by atoms with van der Waals surface area (Å²) in [7, 11) is 0. The first-order valence-electron chi connectivity index (χ1n) is 4.89. The summed E-state index contributed by atoms with van der Waals surface area (Å²) in [5.41, 5.74) is 0. The van der Waals surface area contributed by atoms with E-state index in [-0.39, 0.29) is 23.9 Å². The fourth-order valence-electron chi connectivity index (χ4n) is 1.75. The average Bonchev–Trinajstić information content (AvgIpc) is 2.08. The third-order valence-electron chi connectivity index (χ3n) is 2.51. The molecule has 0 aromatic rings. The van der Waals surface area contributed by atoms with Gasteiger partial charge in [0.1, 0.15) is 11.6 Å². The van der Waals surface area contributed by atoms with E-state index >= 15 is 0 Å². The van der Waals surface area contributed by atoms with Gasteiger partial charge in [0, 0.05) is 5.92 Å². The number of carbonyl (C=O) groups is 2. The fourth-order valence-corrected chi connectivity index (χ4v) is 1.75. The van der Waals surface area contributed by atoms with Crippen molar-refractivity contribution in [2.45, 2.75) is 32.8 Å². The van der Waals surface area contributed by atoms with Gasteiger partial charge >= 0.3 is 0 Å². The first-order chi connectivity index (χ1) is 6.50. The molecule has 0 bridgehead atoms. The largest absolute Gasteiger partial charge is 0.388 e. The van der Waals surface area contributed by atoms with Crippen molar-refractivity contribution in [3.05, 3.63) is 12.2 Å². The normalized spacial score (nSPS) is 31.5. The third-order valence-corrected chi connectivity index (χ3v) is 2.51. The van der Waals surface area contributed by atoms with Crippen molar-refractivity contribution < 1.29 is 14.7 Å². The van der Waals surface area contributed by atoms with E-state index in [1.165, 1.54) is 6.92 Å². The second-order valence-corrected chi connectivity index (χ2v) is 4.04. The van der Waals surface area contributed by atoms with Gasteiger partial charge in [-0.05, 0) is 19.3 Å². The summed E-state index contributed by atoms with van der Waals surface area (Å²) >= 11 is 0. The average molecular weight is 196 g/mol. The Balaban J connectivity index is 2.63. The smallest absolute Gasteiger partial charge is 0.146 e. The van der Waals surface area contributed by atoms with E-state index in [1.54, 1.807) is 6.08 Å². The molecule has 0 spiro atoms.